The molecular weight excluding hydrogens is 190 g/mol. The van der Waals surface area contributed by atoms with E-state index in [1.807, 2.05) is 6.07 Å². The van der Waals surface area contributed by atoms with Gasteiger partial charge in [0.2, 0.25) is 0 Å². The zero-order chi connectivity index (χ0) is 10.7. The maximum Gasteiger partial charge on any atom is 0.355 e. The highest BCUT2D eigenvalue weighted by molar-refractivity contribution is 5.92. The third kappa shape index (κ3) is 2.06. The number of carboxylic acid groups (broad SMARTS) is 1. The zero-order valence-corrected chi connectivity index (χ0v) is 8.44. The van der Waals surface area contributed by atoms with E-state index in [-0.39, 0.29) is 5.69 Å². The molecule has 3 heteroatoms. The van der Waals surface area contributed by atoms with Gasteiger partial charge in [0.25, 0.3) is 0 Å². The number of carboxylic acids is 1. The van der Waals surface area contributed by atoms with Gasteiger partial charge in [0.05, 0.1) is 0 Å². The molecule has 3 nitrogen and oxygen atoms in total. The Kier molecular flexibility index (Phi) is 2.81. The lowest BCUT2D eigenvalue weighted by molar-refractivity contribution is 0.0690. The predicted octanol–water partition coefficient (Wildman–Crippen LogP) is 2.74. The summed E-state index contributed by atoms with van der Waals surface area (Å²) < 4.78 is 0. The predicted molar refractivity (Wildman–Crippen MR) is 57.6 cm³/mol. The molecule has 0 spiro atoms. The van der Waals surface area contributed by atoms with Gasteiger partial charge >= 0.3 is 5.97 Å². The van der Waals surface area contributed by atoms with Crippen LogP contribution in [0.3, 0.4) is 0 Å². The average Bonchev–Trinajstić information content (AvgIpc) is 2.30. The van der Waals surface area contributed by atoms with Gasteiger partial charge in [-0.2, -0.15) is 0 Å². The quantitative estimate of drug-likeness (QED) is 0.804. The molecule has 1 N–H and O–H groups in total. The van der Waals surface area contributed by atoms with Gasteiger partial charge in [-0.3, -0.25) is 0 Å². The van der Waals surface area contributed by atoms with Crippen molar-refractivity contribution in [3.05, 3.63) is 35.7 Å². The molecule has 15 heavy (non-hydrogen) atoms. The molecule has 2 rings (SSSR count). The van der Waals surface area contributed by atoms with E-state index < -0.39 is 5.97 Å². The molecular formula is C12H13NO2. The maximum atomic E-state index is 11.0. The van der Waals surface area contributed by atoms with Crippen LogP contribution < -0.4 is 0 Å². The molecule has 1 aliphatic carbocycles. The Bertz CT molecular complexity index is 410. The summed E-state index contributed by atoms with van der Waals surface area (Å²) in [5.41, 5.74) is 2.09. The van der Waals surface area contributed by atoms with E-state index >= 15 is 0 Å². The Balaban J connectivity index is 2.42. The minimum Gasteiger partial charge on any atom is -0.476 e. The van der Waals surface area contributed by atoms with Gasteiger partial charge < -0.3 is 5.11 Å². The summed E-state index contributed by atoms with van der Waals surface area (Å²) in [7, 11) is 0. The molecule has 0 saturated carbocycles. The lowest BCUT2D eigenvalue weighted by Gasteiger charge is -2.13. The Hall–Kier alpha value is -1.64. The molecule has 0 fully saturated rings. The lowest BCUT2D eigenvalue weighted by atomic mass is 9.93. The Morgan fingerprint density at radius 1 is 1.40 bits per heavy atom. The number of aromatic carboxylic acids is 1. The number of nitrogens with zero attached hydrogens (tertiary/aromatic N) is 1. The lowest BCUT2D eigenvalue weighted by Crippen LogP contribution is -2.05. The third-order valence-corrected chi connectivity index (χ3v) is 2.65. The molecule has 0 unspecified atom stereocenters. The molecule has 1 aliphatic rings. The second kappa shape index (κ2) is 4.26. The van der Waals surface area contributed by atoms with Gasteiger partial charge in [0.1, 0.15) is 0 Å². The fourth-order valence-electron chi connectivity index (χ4n) is 1.92. The number of hydrogen-bond donors (Lipinski definition) is 1. The molecule has 0 atom stereocenters. The van der Waals surface area contributed by atoms with E-state index in [4.69, 9.17) is 5.11 Å². The smallest absolute Gasteiger partial charge is 0.355 e. The van der Waals surface area contributed by atoms with Crippen LogP contribution in [0.4, 0.5) is 0 Å². The van der Waals surface area contributed by atoms with Crippen LogP contribution in [0.2, 0.25) is 0 Å². The minimum absolute atomic E-state index is 0.172. The second-order valence-corrected chi connectivity index (χ2v) is 3.68. The molecule has 1 aromatic rings. The van der Waals surface area contributed by atoms with Crippen molar-refractivity contribution >= 4 is 11.5 Å². The molecule has 0 aromatic carbocycles. The molecule has 0 radical (unpaired) electrons. The van der Waals surface area contributed by atoms with Crippen molar-refractivity contribution in [2.45, 2.75) is 25.7 Å². The van der Waals surface area contributed by atoms with Crippen molar-refractivity contribution in [3.8, 4) is 0 Å². The normalized spacial score (nSPS) is 15.9. The molecule has 0 saturated heterocycles. The van der Waals surface area contributed by atoms with E-state index in [1.54, 1.807) is 6.07 Å². The van der Waals surface area contributed by atoms with Crippen LogP contribution in [-0.2, 0) is 0 Å². The monoisotopic (exact) mass is 203 g/mol. The van der Waals surface area contributed by atoms with E-state index in [1.165, 1.54) is 12.6 Å². The van der Waals surface area contributed by atoms with Crippen molar-refractivity contribution in [2.75, 3.05) is 0 Å². The van der Waals surface area contributed by atoms with Crippen molar-refractivity contribution in [1.29, 1.82) is 0 Å². The van der Waals surface area contributed by atoms with Gasteiger partial charge in [0, 0.05) is 11.8 Å². The second-order valence-electron chi connectivity index (χ2n) is 3.68. The van der Waals surface area contributed by atoms with Crippen LogP contribution >= 0.6 is 0 Å². The van der Waals surface area contributed by atoms with Gasteiger partial charge in [-0.05, 0) is 37.3 Å². The molecule has 1 aromatic heterocycles. The maximum absolute atomic E-state index is 11.0. The summed E-state index contributed by atoms with van der Waals surface area (Å²) in [5, 5.41) is 9.01. The fraction of sp³-hybridized carbons (Fsp3) is 0.333. The summed E-state index contributed by atoms with van der Waals surface area (Å²) in [5.74, 6) is -0.947. The highest BCUT2D eigenvalue weighted by atomic mass is 16.4. The first-order valence-corrected chi connectivity index (χ1v) is 5.17. The molecule has 0 aliphatic heterocycles. The number of rotatable bonds is 2. The number of allylic oxidation sites excluding steroid dienone is 2. The Morgan fingerprint density at radius 2 is 2.27 bits per heavy atom. The van der Waals surface area contributed by atoms with Crippen LogP contribution in [0.25, 0.3) is 5.57 Å². The molecule has 0 bridgehead atoms. The van der Waals surface area contributed by atoms with Crippen LogP contribution in [0.15, 0.2) is 24.4 Å². The van der Waals surface area contributed by atoms with Crippen molar-refractivity contribution in [2.24, 2.45) is 0 Å². The summed E-state index contributed by atoms with van der Waals surface area (Å²) in [4.78, 5) is 14.9. The van der Waals surface area contributed by atoms with Crippen LogP contribution in [-0.4, -0.2) is 16.1 Å². The Morgan fingerprint density at radius 3 is 2.93 bits per heavy atom. The largest absolute Gasteiger partial charge is 0.476 e. The van der Waals surface area contributed by atoms with Crippen molar-refractivity contribution in [1.82, 2.24) is 4.98 Å². The van der Waals surface area contributed by atoms with Crippen LogP contribution in [0.1, 0.15) is 41.7 Å². The van der Waals surface area contributed by atoms with Gasteiger partial charge in [-0.1, -0.05) is 12.1 Å². The first kappa shape index (κ1) is 9.90. The molecule has 1 heterocycles. The summed E-state index contributed by atoms with van der Waals surface area (Å²) in [6, 6.07) is 3.63. The van der Waals surface area contributed by atoms with Crippen LogP contribution in [0, 0.1) is 0 Å². The third-order valence-electron chi connectivity index (χ3n) is 2.65. The highest BCUT2D eigenvalue weighted by Crippen LogP contribution is 2.27. The van der Waals surface area contributed by atoms with Gasteiger partial charge in [-0.15, -0.1) is 0 Å². The SMILES string of the molecule is O=C(O)c1ncccc1C1=CCCCC1. The summed E-state index contributed by atoms with van der Waals surface area (Å²) in [6.45, 7) is 0. The van der Waals surface area contributed by atoms with Crippen LogP contribution in [0.5, 0.6) is 0 Å². The van der Waals surface area contributed by atoms with E-state index in [0.717, 1.165) is 30.4 Å². The zero-order valence-electron chi connectivity index (χ0n) is 8.44. The number of hydrogen-bond acceptors (Lipinski definition) is 2. The first-order valence-electron chi connectivity index (χ1n) is 5.17. The van der Waals surface area contributed by atoms with E-state index in [2.05, 4.69) is 11.1 Å². The summed E-state index contributed by atoms with van der Waals surface area (Å²) in [6.07, 6.45) is 8.00. The van der Waals surface area contributed by atoms with E-state index in [9.17, 15) is 4.79 Å². The number of aromatic nitrogens is 1. The number of carbonyl (C=O) groups is 1. The van der Waals surface area contributed by atoms with Gasteiger partial charge in [0.15, 0.2) is 5.69 Å². The van der Waals surface area contributed by atoms with Crippen molar-refractivity contribution in [3.63, 3.8) is 0 Å². The highest BCUT2D eigenvalue weighted by Gasteiger charge is 2.15. The average molecular weight is 203 g/mol. The Labute approximate surface area is 88.5 Å². The van der Waals surface area contributed by atoms with Crippen molar-refractivity contribution < 1.29 is 9.90 Å². The molecule has 0 amide bonds. The fourth-order valence-corrected chi connectivity index (χ4v) is 1.92. The summed E-state index contributed by atoms with van der Waals surface area (Å²) >= 11 is 0. The van der Waals surface area contributed by atoms with E-state index in [0.29, 0.717) is 0 Å². The minimum atomic E-state index is -0.947. The number of pyridine rings is 1. The topological polar surface area (TPSA) is 50.2 Å². The van der Waals surface area contributed by atoms with Gasteiger partial charge in [-0.25, -0.2) is 9.78 Å². The first-order chi connectivity index (χ1) is 7.29. The molecule has 78 valence electrons. The standard InChI is InChI=1S/C12H13NO2/c14-12(15)11-10(7-4-8-13-11)9-5-2-1-3-6-9/h4-5,7-8H,1-3,6H2,(H,14,15).